The molecule has 0 amide bonds. The van der Waals surface area contributed by atoms with Crippen LogP contribution in [0.5, 0.6) is 0 Å². The molecule has 2 atom stereocenters. The van der Waals surface area contributed by atoms with Crippen molar-refractivity contribution in [2.75, 3.05) is 0 Å². The fourth-order valence-electron chi connectivity index (χ4n) is 3.79. The molecule has 5 nitrogen and oxygen atoms in total. The molecule has 11 heteroatoms. The smallest absolute Gasteiger partial charge is 0.253 e. The predicted octanol–water partition coefficient (Wildman–Crippen LogP) is 4.84. The zero-order chi connectivity index (χ0) is 20.5. The van der Waals surface area contributed by atoms with E-state index < -0.39 is 24.6 Å². The van der Waals surface area contributed by atoms with Gasteiger partial charge in [-0.3, -0.25) is 4.68 Å². The van der Waals surface area contributed by atoms with Gasteiger partial charge in [-0.05, 0) is 42.0 Å². The highest BCUT2D eigenvalue weighted by atomic mass is 35.5. The first-order chi connectivity index (χ1) is 13.7. The molecule has 150 valence electrons. The first kappa shape index (κ1) is 18.3. The Balaban J connectivity index is 1.53. The fraction of sp³-hybridized carbons (Fsp3) is 0.278. The molecule has 3 aromatic heterocycles. The summed E-state index contributed by atoms with van der Waals surface area (Å²) in [5, 5.41) is 7.39. The summed E-state index contributed by atoms with van der Waals surface area (Å²) in [6, 6.07) is 6.23. The highest BCUT2D eigenvalue weighted by molar-refractivity contribution is 6.29. The predicted molar refractivity (Wildman–Crippen MR) is 93.8 cm³/mol. The molecule has 3 heterocycles. The van der Waals surface area contributed by atoms with E-state index in [9.17, 15) is 22.0 Å². The summed E-state index contributed by atoms with van der Waals surface area (Å²) >= 11 is 6.00. The Morgan fingerprint density at radius 2 is 1.90 bits per heavy atom. The van der Waals surface area contributed by atoms with Crippen LogP contribution in [0.1, 0.15) is 29.4 Å². The quantitative estimate of drug-likeness (QED) is 0.439. The number of nitrogens with zero attached hydrogens (tertiary/aromatic N) is 5. The van der Waals surface area contributed by atoms with Crippen LogP contribution in [-0.2, 0) is 6.54 Å². The first-order valence-electron chi connectivity index (χ1n) is 8.63. The van der Waals surface area contributed by atoms with Crippen LogP contribution in [0.3, 0.4) is 0 Å². The molecule has 0 aliphatic heterocycles. The van der Waals surface area contributed by atoms with E-state index in [4.69, 9.17) is 11.6 Å². The number of aromatic nitrogens is 5. The second-order valence-corrected chi connectivity index (χ2v) is 7.41. The SMILES string of the molecule is Fc1nn(CC(F)(F)F)c2cc([C@@H]3C[C@H]3c3cc(Cl)nn4c(F)cnc34)ccc12. The molecule has 5 rings (SSSR count). The van der Waals surface area contributed by atoms with Gasteiger partial charge in [0.05, 0.1) is 17.1 Å². The molecule has 29 heavy (non-hydrogen) atoms. The van der Waals surface area contributed by atoms with Crippen molar-refractivity contribution in [2.45, 2.75) is 31.0 Å². The molecule has 0 unspecified atom stereocenters. The largest absolute Gasteiger partial charge is 0.408 e. The molecule has 0 spiro atoms. The zero-order valence-corrected chi connectivity index (χ0v) is 15.2. The van der Waals surface area contributed by atoms with Crippen molar-refractivity contribution in [1.82, 2.24) is 24.4 Å². The van der Waals surface area contributed by atoms with Crippen LogP contribution in [-0.4, -0.2) is 30.6 Å². The van der Waals surface area contributed by atoms with Crippen LogP contribution in [0.25, 0.3) is 16.6 Å². The molecule has 1 aliphatic rings. The van der Waals surface area contributed by atoms with Crippen LogP contribution in [0, 0.1) is 11.9 Å². The molecule has 1 aliphatic carbocycles. The normalized spacial score (nSPS) is 19.4. The minimum absolute atomic E-state index is 0.0277. The molecule has 0 saturated heterocycles. The van der Waals surface area contributed by atoms with E-state index in [2.05, 4.69) is 15.2 Å². The Labute approximate surface area is 164 Å². The molecule has 1 aromatic carbocycles. The van der Waals surface area contributed by atoms with Gasteiger partial charge in [-0.2, -0.15) is 31.6 Å². The number of halogens is 6. The summed E-state index contributed by atoms with van der Waals surface area (Å²) < 4.78 is 67.7. The lowest BCUT2D eigenvalue weighted by Gasteiger charge is -2.08. The first-order valence-corrected chi connectivity index (χ1v) is 9.01. The van der Waals surface area contributed by atoms with Gasteiger partial charge in [-0.1, -0.05) is 17.7 Å². The zero-order valence-electron chi connectivity index (χ0n) is 14.5. The minimum Gasteiger partial charge on any atom is -0.253 e. The van der Waals surface area contributed by atoms with Crippen LogP contribution in [0.2, 0.25) is 5.15 Å². The molecule has 1 saturated carbocycles. The van der Waals surface area contributed by atoms with Gasteiger partial charge in [0.2, 0.25) is 11.9 Å². The third kappa shape index (κ3) is 3.11. The maximum absolute atomic E-state index is 13.9. The summed E-state index contributed by atoms with van der Waals surface area (Å²) in [6.45, 7) is -1.38. The number of fused-ring (bicyclic) bond motifs is 2. The van der Waals surface area contributed by atoms with Crippen LogP contribution >= 0.6 is 11.6 Å². The maximum atomic E-state index is 13.9. The highest BCUT2D eigenvalue weighted by Crippen LogP contribution is 2.56. The molecule has 0 radical (unpaired) electrons. The standard InChI is InChI=1S/C18H11ClF5N5/c19-14-5-12(17-25-6-15(20)29(17)26-14)11-4-10(11)8-1-2-9-13(3-8)28(27-16(9)21)7-18(22,23)24/h1-3,5-6,10-11H,4,7H2/t10-,11+/m0/s1. The van der Waals surface area contributed by atoms with Gasteiger partial charge in [0.15, 0.2) is 10.8 Å². The van der Waals surface area contributed by atoms with E-state index in [0.717, 1.165) is 16.3 Å². The summed E-state index contributed by atoms with van der Waals surface area (Å²) in [5.74, 6) is -1.69. The number of hydrogen-bond donors (Lipinski definition) is 0. The van der Waals surface area contributed by atoms with Gasteiger partial charge in [0, 0.05) is 5.56 Å². The summed E-state index contributed by atoms with van der Waals surface area (Å²) in [5.41, 5.74) is 1.86. The Morgan fingerprint density at radius 1 is 1.10 bits per heavy atom. The average Bonchev–Trinajstić information content (AvgIpc) is 3.28. The van der Waals surface area contributed by atoms with Crippen molar-refractivity contribution >= 4 is 28.2 Å². The average molecular weight is 428 g/mol. The Bertz CT molecular complexity index is 1260. The number of rotatable bonds is 3. The van der Waals surface area contributed by atoms with E-state index in [-0.39, 0.29) is 27.9 Å². The van der Waals surface area contributed by atoms with E-state index in [1.807, 2.05) is 0 Å². The number of hydrogen-bond acceptors (Lipinski definition) is 3. The minimum atomic E-state index is -4.52. The van der Waals surface area contributed by atoms with Crippen molar-refractivity contribution in [3.05, 3.63) is 58.6 Å². The summed E-state index contributed by atoms with van der Waals surface area (Å²) in [6.07, 6.45) is -2.80. The van der Waals surface area contributed by atoms with Gasteiger partial charge < -0.3 is 0 Å². The number of alkyl halides is 3. The topological polar surface area (TPSA) is 48.0 Å². The fourth-order valence-corrected chi connectivity index (χ4v) is 3.98. The van der Waals surface area contributed by atoms with Crippen LogP contribution in [0.4, 0.5) is 22.0 Å². The third-order valence-electron chi connectivity index (χ3n) is 5.10. The Morgan fingerprint density at radius 3 is 2.66 bits per heavy atom. The molecule has 4 aromatic rings. The van der Waals surface area contributed by atoms with E-state index in [1.165, 1.54) is 12.1 Å². The van der Waals surface area contributed by atoms with Crippen molar-refractivity contribution in [1.29, 1.82) is 0 Å². The van der Waals surface area contributed by atoms with E-state index in [1.54, 1.807) is 12.1 Å². The van der Waals surface area contributed by atoms with Crippen molar-refractivity contribution in [2.24, 2.45) is 0 Å². The Kier molecular flexibility index (Phi) is 3.86. The third-order valence-corrected chi connectivity index (χ3v) is 5.29. The Hall–Kier alpha value is -2.75. The van der Waals surface area contributed by atoms with Gasteiger partial charge in [-0.25, -0.2) is 4.98 Å². The summed E-state index contributed by atoms with van der Waals surface area (Å²) in [4.78, 5) is 4.03. The summed E-state index contributed by atoms with van der Waals surface area (Å²) in [7, 11) is 0. The van der Waals surface area contributed by atoms with E-state index in [0.29, 0.717) is 22.3 Å². The molecular formula is C18H11ClF5N5. The van der Waals surface area contributed by atoms with Gasteiger partial charge in [-0.15, -0.1) is 5.10 Å². The van der Waals surface area contributed by atoms with Crippen molar-refractivity contribution in [3.8, 4) is 0 Å². The molecule has 1 fully saturated rings. The monoisotopic (exact) mass is 427 g/mol. The maximum Gasteiger partial charge on any atom is 0.408 e. The second kappa shape index (κ2) is 6.12. The number of imidazole rings is 1. The molecular weight excluding hydrogens is 417 g/mol. The van der Waals surface area contributed by atoms with Crippen molar-refractivity contribution < 1.29 is 22.0 Å². The molecule has 0 bridgehead atoms. The van der Waals surface area contributed by atoms with E-state index >= 15 is 0 Å². The lowest BCUT2D eigenvalue weighted by molar-refractivity contribution is -0.142. The van der Waals surface area contributed by atoms with Gasteiger partial charge >= 0.3 is 6.18 Å². The second-order valence-electron chi connectivity index (χ2n) is 7.03. The highest BCUT2D eigenvalue weighted by Gasteiger charge is 2.42. The van der Waals surface area contributed by atoms with Crippen LogP contribution < -0.4 is 0 Å². The number of benzene rings is 1. The lowest BCUT2D eigenvalue weighted by Crippen LogP contribution is -2.18. The van der Waals surface area contributed by atoms with Crippen LogP contribution in [0.15, 0.2) is 30.5 Å². The van der Waals surface area contributed by atoms with Crippen molar-refractivity contribution in [3.63, 3.8) is 0 Å². The molecule has 0 N–H and O–H groups in total. The lowest BCUT2D eigenvalue weighted by atomic mass is 10.0. The van der Waals surface area contributed by atoms with Gasteiger partial charge in [0.1, 0.15) is 6.54 Å². The van der Waals surface area contributed by atoms with Gasteiger partial charge in [0.25, 0.3) is 0 Å².